The molecule has 1 heteroatoms. The zero-order valence-corrected chi connectivity index (χ0v) is 14.6. The summed E-state index contributed by atoms with van der Waals surface area (Å²) in [6.07, 6.45) is 6.98. The van der Waals surface area contributed by atoms with Gasteiger partial charge in [-0.1, -0.05) is 45.8 Å². The summed E-state index contributed by atoms with van der Waals surface area (Å²) in [5, 5.41) is 3.83. The van der Waals surface area contributed by atoms with Crippen molar-refractivity contribution in [1.82, 2.24) is 5.32 Å². The van der Waals surface area contributed by atoms with Crippen molar-refractivity contribution in [3.63, 3.8) is 0 Å². The molecule has 0 aromatic rings. The Bertz CT molecular complexity index is 366. The molecule has 0 radical (unpaired) electrons. The quantitative estimate of drug-likeness (QED) is 0.701. The van der Waals surface area contributed by atoms with E-state index in [4.69, 9.17) is 0 Å². The minimum absolute atomic E-state index is 0.573. The summed E-state index contributed by atoms with van der Waals surface area (Å²) in [5.74, 6) is 2.35. The van der Waals surface area contributed by atoms with E-state index >= 15 is 0 Å². The minimum atomic E-state index is 0.573. The number of hydrogen-bond acceptors (Lipinski definition) is 1. The second kappa shape index (κ2) is 6.22. The third-order valence-corrected chi connectivity index (χ3v) is 5.65. The molecule has 1 aliphatic carbocycles. The number of rotatable bonds is 3. The van der Waals surface area contributed by atoms with E-state index in [1.165, 1.54) is 32.1 Å². The molecule has 1 nitrogen and oxygen atoms in total. The summed E-state index contributed by atoms with van der Waals surface area (Å²) in [7, 11) is 0. The highest BCUT2D eigenvalue weighted by Crippen LogP contribution is 2.45. The Balaban J connectivity index is 2.16. The molecule has 1 aliphatic heterocycles. The van der Waals surface area contributed by atoms with Crippen molar-refractivity contribution in [3.8, 4) is 0 Å². The average molecular weight is 277 g/mol. The molecule has 0 amide bonds. The summed E-state index contributed by atoms with van der Waals surface area (Å²) < 4.78 is 0. The molecule has 0 aromatic carbocycles. The standard InChI is InChI=1S/C19H35N/c1-13(2)11-19(6)9-7-16-17(8-10-19)20-12-15(5)18(16)14(3)4/h13-14,16-17,20H,7-12H2,1-6H3. The zero-order chi connectivity index (χ0) is 14.9. The molecule has 2 aliphatic rings. The molecule has 3 unspecified atom stereocenters. The molecular weight excluding hydrogens is 242 g/mol. The van der Waals surface area contributed by atoms with Crippen molar-refractivity contribution in [2.24, 2.45) is 23.2 Å². The average Bonchev–Trinajstić information content (AvgIpc) is 2.48. The number of nitrogens with one attached hydrogen (secondary N) is 1. The fourth-order valence-corrected chi connectivity index (χ4v) is 4.97. The van der Waals surface area contributed by atoms with Gasteiger partial charge in [-0.2, -0.15) is 0 Å². The van der Waals surface area contributed by atoms with Crippen molar-refractivity contribution >= 4 is 0 Å². The molecule has 0 spiro atoms. The van der Waals surface area contributed by atoms with E-state index in [2.05, 4.69) is 46.9 Å². The van der Waals surface area contributed by atoms with Crippen molar-refractivity contribution in [2.75, 3.05) is 6.54 Å². The third kappa shape index (κ3) is 3.47. The molecule has 0 saturated heterocycles. The van der Waals surface area contributed by atoms with Crippen LogP contribution < -0.4 is 5.32 Å². The van der Waals surface area contributed by atoms with E-state index in [0.29, 0.717) is 5.41 Å². The van der Waals surface area contributed by atoms with Gasteiger partial charge < -0.3 is 5.32 Å². The SMILES string of the molecule is CC1=C(C(C)C)C2CCC(C)(CC(C)C)CCC2NC1. The van der Waals surface area contributed by atoms with Crippen LogP contribution in [-0.2, 0) is 0 Å². The molecule has 1 saturated carbocycles. The van der Waals surface area contributed by atoms with Crippen LogP contribution in [0.3, 0.4) is 0 Å². The lowest BCUT2D eigenvalue weighted by Crippen LogP contribution is -2.43. The van der Waals surface area contributed by atoms with Gasteiger partial charge >= 0.3 is 0 Å². The first-order valence-electron chi connectivity index (χ1n) is 8.75. The summed E-state index contributed by atoms with van der Waals surface area (Å²) in [4.78, 5) is 0. The van der Waals surface area contributed by atoms with Gasteiger partial charge in [0.05, 0.1) is 0 Å². The van der Waals surface area contributed by atoms with Crippen LogP contribution in [0.15, 0.2) is 11.1 Å². The molecular formula is C19H35N. The molecule has 1 heterocycles. The molecule has 2 rings (SSSR count). The lowest BCUT2D eigenvalue weighted by molar-refractivity contribution is 0.218. The van der Waals surface area contributed by atoms with Crippen LogP contribution in [-0.4, -0.2) is 12.6 Å². The number of hydrogen-bond donors (Lipinski definition) is 1. The Morgan fingerprint density at radius 3 is 2.40 bits per heavy atom. The fourth-order valence-electron chi connectivity index (χ4n) is 4.97. The van der Waals surface area contributed by atoms with Gasteiger partial charge in [-0.3, -0.25) is 0 Å². The topological polar surface area (TPSA) is 12.0 Å². The van der Waals surface area contributed by atoms with Crippen LogP contribution in [0.25, 0.3) is 0 Å². The van der Waals surface area contributed by atoms with Gasteiger partial charge in [-0.25, -0.2) is 0 Å². The van der Waals surface area contributed by atoms with Crippen LogP contribution in [0, 0.1) is 23.2 Å². The molecule has 3 atom stereocenters. The molecule has 0 bridgehead atoms. The monoisotopic (exact) mass is 277 g/mol. The van der Waals surface area contributed by atoms with E-state index in [-0.39, 0.29) is 0 Å². The summed E-state index contributed by atoms with van der Waals surface area (Å²) in [6, 6.07) is 0.741. The highest BCUT2D eigenvalue weighted by Gasteiger charge is 2.38. The van der Waals surface area contributed by atoms with Crippen molar-refractivity contribution < 1.29 is 0 Å². The summed E-state index contributed by atoms with van der Waals surface area (Å²) >= 11 is 0. The van der Waals surface area contributed by atoms with Crippen molar-refractivity contribution in [2.45, 2.75) is 79.7 Å². The maximum absolute atomic E-state index is 3.83. The molecule has 116 valence electrons. The Morgan fingerprint density at radius 1 is 1.15 bits per heavy atom. The van der Waals surface area contributed by atoms with Gasteiger partial charge in [-0.15, -0.1) is 0 Å². The number of fused-ring (bicyclic) bond motifs is 1. The Kier molecular flexibility index (Phi) is 5.00. The zero-order valence-electron chi connectivity index (χ0n) is 14.6. The van der Waals surface area contributed by atoms with E-state index in [1.807, 2.05) is 0 Å². The maximum atomic E-state index is 3.83. The van der Waals surface area contributed by atoms with Crippen LogP contribution in [0.2, 0.25) is 0 Å². The predicted molar refractivity (Wildman–Crippen MR) is 88.8 cm³/mol. The Morgan fingerprint density at radius 2 is 1.80 bits per heavy atom. The van der Waals surface area contributed by atoms with Gasteiger partial charge in [0.25, 0.3) is 0 Å². The Labute approximate surface area is 126 Å². The normalized spacial score (nSPS) is 35.4. The van der Waals surface area contributed by atoms with Crippen LogP contribution in [0.5, 0.6) is 0 Å². The van der Waals surface area contributed by atoms with E-state index < -0.39 is 0 Å². The van der Waals surface area contributed by atoms with Gasteiger partial charge in [0.15, 0.2) is 0 Å². The third-order valence-electron chi connectivity index (χ3n) is 5.65. The van der Waals surface area contributed by atoms with E-state index in [0.717, 1.165) is 30.3 Å². The van der Waals surface area contributed by atoms with Gasteiger partial charge in [0, 0.05) is 12.6 Å². The van der Waals surface area contributed by atoms with Gasteiger partial charge in [0.2, 0.25) is 0 Å². The molecule has 1 N–H and O–H groups in total. The second-order valence-corrected chi connectivity index (χ2v) is 8.47. The highest BCUT2D eigenvalue weighted by molar-refractivity contribution is 5.24. The smallest absolute Gasteiger partial charge is 0.0167 e. The van der Waals surface area contributed by atoms with E-state index in [1.54, 1.807) is 11.1 Å². The largest absolute Gasteiger partial charge is 0.310 e. The first-order valence-corrected chi connectivity index (χ1v) is 8.75. The lowest BCUT2D eigenvalue weighted by Gasteiger charge is -2.37. The first kappa shape index (κ1) is 16.1. The van der Waals surface area contributed by atoms with Gasteiger partial charge in [0.1, 0.15) is 0 Å². The van der Waals surface area contributed by atoms with Crippen LogP contribution in [0.1, 0.15) is 73.6 Å². The Hall–Kier alpha value is -0.300. The highest BCUT2D eigenvalue weighted by atomic mass is 14.9. The first-order chi connectivity index (χ1) is 9.32. The summed E-state index contributed by atoms with van der Waals surface area (Å²) in [5.41, 5.74) is 3.97. The van der Waals surface area contributed by atoms with Crippen LogP contribution in [0.4, 0.5) is 0 Å². The fraction of sp³-hybridized carbons (Fsp3) is 0.895. The molecule has 1 fully saturated rings. The summed E-state index contributed by atoms with van der Waals surface area (Å²) in [6.45, 7) is 15.5. The predicted octanol–water partition coefficient (Wildman–Crippen LogP) is 5.17. The second-order valence-electron chi connectivity index (χ2n) is 8.47. The molecule has 0 aromatic heterocycles. The van der Waals surface area contributed by atoms with Crippen LogP contribution >= 0.6 is 0 Å². The van der Waals surface area contributed by atoms with Crippen molar-refractivity contribution in [1.29, 1.82) is 0 Å². The minimum Gasteiger partial charge on any atom is -0.310 e. The maximum Gasteiger partial charge on any atom is 0.0167 e. The van der Waals surface area contributed by atoms with Gasteiger partial charge in [-0.05, 0) is 62.2 Å². The van der Waals surface area contributed by atoms with Crippen molar-refractivity contribution in [3.05, 3.63) is 11.1 Å². The lowest BCUT2D eigenvalue weighted by atomic mass is 9.75. The van der Waals surface area contributed by atoms with E-state index in [9.17, 15) is 0 Å². The molecule has 20 heavy (non-hydrogen) atoms.